The fraction of sp³-hybridized carbons (Fsp3) is 0.316. The fourth-order valence-electron chi connectivity index (χ4n) is 2.64. The van der Waals surface area contributed by atoms with E-state index >= 15 is 0 Å². The van der Waals surface area contributed by atoms with Crippen LogP contribution in [0.25, 0.3) is 5.69 Å². The van der Waals surface area contributed by atoms with Crippen LogP contribution in [-0.2, 0) is 4.79 Å². The Labute approximate surface area is 160 Å². The van der Waals surface area contributed by atoms with Gasteiger partial charge in [0.2, 0.25) is 0 Å². The number of amides is 2. The van der Waals surface area contributed by atoms with Gasteiger partial charge in [-0.3, -0.25) is 9.59 Å². The number of aliphatic hydroxyl groups is 1. The van der Waals surface area contributed by atoms with Gasteiger partial charge in [0.25, 0.3) is 11.8 Å². The highest BCUT2D eigenvalue weighted by Crippen LogP contribution is 2.33. The molecule has 0 saturated carbocycles. The van der Waals surface area contributed by atoms with Crippen molar-refractivity contribution in [2.75, 3.05) is 20.2 Å². The van der Waals surface area contributed by atoms with Crippen molar-refractivity contribution in [2.24, 2.45) is 5.73 Å². The molecule has 1 aromatic carbocycles. The van der Waals surface area contributed by atoms with Crippen LogP contribution >= 0.6 is 0 Å². The number of halogens is 1. The summed E-state index contributed by atoms with van der Waals surface area (Å²) in [5.74, 6) is 4.28. The van der Waals surface area contributed by atoms with E-state index in [1.807, 2.05) is 0 Å². The number of hydrogen-bond donors (Lipinski definition) is 2. The van der Waals surface area contributed by atoms with E-state index in [0.717, 1.165) is 0 Å². The summed E-state index contributed by atoms with van der Waals surface area (Å²) in [5, 5.41) is 14.0. The molecule has 2 aromatic rings. The van der Waals surface area contributed by atoms with Gasteiger partial charge in [-0.1, -0.05) is 11.8 Å². The second-order valence-electron chi connectivity index (χ2n) is 6.22. The molecular formula is C19H19FN4O4. The van der Waals surface area contributed by atoms with Crippen LogP contribution in [0.15, 0.2) is 24.3 Å². The Bertz CT molecular complexity index is 992. The first-order valence-electron chi connectivity index (χ1n) is 8.57. The lowest BCUT2D eigenvalue weighted by molar-refractivity contribution is -0.135. The molecule has 0 fully saturated rings. The van der Waals surface area contributed by atoms with Crippen LogP contribution in [0, 0.1) is 11.8 Å². The van der Waals surface area contributed by atoms with Gasteiger partial charge in [0.15, 0.2) is 18.0 Å². The Morgan fingerprint density at radius 3 is 2.93 bits per heavy atom. The molecule has 2 heterocycles. The SMILES string of the molecule is CCN(C)C(=O)C(O)C#Cc1ccc2c(c1)-n1nc(C(N)=O)cc1C(F)CO2. The average Bonchev–Trinajstić information content (AvgIpc) is 3.10. The maximum absolute atomic E-state index is 14.4. The van der Waals surface area contributed by atoms with E-state index in [1.165, 1.54) is 15.6 Å². The van der Waals surface area contributed by atoms with E-state index in [0.29, 0.717) is 23.5 Å². The highest BCUT2D eigenvalue weighted by molar-refractivity contribution is 5.91. The highest BCUT2D eigenvalue weighted by atomic mass is 19.1. The molecule has 3 N–H and O–H groups in total. The zero-order valence-corrected chi connectivity index (χ0v) is 15.3. The van der Waals surface area contributed by atoms with Crippen LogP contribution in [0.2, 0.25) is 0 Å². The van der Waals surface area contributed by atoms with Crippen molar-refractivity contribution in [3.8, 4) is 23.3 Å². The topological polar surface area (TPSA) is 111 Å². The molecular weight excluding hydrogens is 367 g/mol. The number of fused-ring (bicyclic) bond motifs is 3. The number of aromatic nitrogens is 2. The number of nitrogens with two attached hydrogens (primary N) is 1. The minimum Gasteiger partial charge on any atom is -0.488 e. The van der Waals surface area contributed by atoms with Gasteiger partial charge in [0.05, 0.1) is 5.69 Å². The lowest BCUT2D eigenvalue weighted by Crippen LogP contribution is -2.35. The molecule has 2 unspecified atom stereocenters. The molecule has 0 radical (unpaired) electrons. The minimum atomic E-state index is -1.49. The largest absolute Gasteiger partial charge is 0.488 e. The van der Waals surface area contributed by atoms with Gasteiger partial charge in [-0.25, -0.2) is 9.07 Å². The van der Waals surface area contributed by atoms with Crippen LogP contribution < -0.4 is 10.5 Å². The normalized spacial score (nSPS) is 15.8. The number of ether oxygens (including phenoxy) is 1. The van der Waals surface area contributed by atoms with Crippen LogP contribution in [0.5, 0.6) is 5.75 Å². The summed E-state index contributed by atoms with van der Waals surface area (Å²) < 4.78 is 21.1. The third-order valence-corrected chi connectivity index (χ3v) is 4.32. The van der Waals surface area contributed by atoms with Crippen molar-refractivity contribution in [1.82, 2.24) is 14.7 Å². The number of primary amides is 1. The maximum atomic E-state index is 14.4. The van der Waals surface area contributed by atoms with Gasteiger partial charge in [-0.05, 0) is 31.2 Å². The zero-order chi connectivity index (χ0) is 20.4. The number of hydrogen-bond acceptors (Lipinski definition) is 5. The molecule has 2 atom stereocenters. The molecule has 0 bridgehead atoms. The van der Waals surface area contributed by atoms with Gasteiger partial charge in [-0.15, -0.1) is 0 Å². The Morgan fingerprint density at radius 1 is 1.50 bits per heavy atom. The number of likely N-dealkylation sites (N-methyl/N-ethyl adjacent to an activating group) is 1. The molecule has 9 heteroatoms. The van der Waals surface area contributed by atoms with Gasteiger partial charge in [0.1, 0.15) is 18.0 Å². The second-order valence-corrected chi connectivity index (χ2v) is 6.22. The van der Waals surface area contributed by atoms with Crippen LogP contribution in [0.4, 0.5) is 4.39 Å². The summed E-state index contributed by atoms with van der Waals surface area (Å²) in [4.78, 5) is 24.7. The summed E-state index contributed by atoms with van der Waals surface area (Å²) >= 11 is 0. The van der Waals surface area contributed by atoms with E-state index in [1.54, 1.807) is 32.2 Å². The molecule has 1 aliphatic rings. The molecule has 1 aromatic heterocycles. The highest BCUT2D eigenvalue weighted by Gasteiger charge is 2.26. The number of carbonyl (C=O) groups excluding carboxylic acids is 2. The van der Waals surface area contributed by atoms with E-state index in [9.17, 15) is 19.1 Å². The number of carbonyl (C=O) groups is 2. The maximum Gasteiger partial charge on any atom is 0.269 e. The molecule has 3 rings (SSSR count). The van der Waals surface area contributed by atoms with E-state index in [4.69, 9.17) is 10.5 Å². The van der Waals surface area contributed by atoms with Crippen molar-refractivity contribution in [2.45, 2.75) is 19.2 Å². The predicted octanol–water partition coefficient (Wildman–Crippen LogP) is 0.565. The standard InChI is InChI=1S/C19H19FN4O4/c1-3-23(2)19(27)16(25)6-4-11-5-7-17-15(8-11)24-14(12(20)10-28-17)9-13(22-24)18(21)26/h5,7-9,12,16,25H,3,10H2,1-2H3,(H2,21,26). The molecule has 0 spiro atoms. The van der Waals surface area contributed by atoms with Gasteiger partial charge >= 0.3 is 0 Å². The molecule has 28 heavy (non-hydrogen) atoms. The number of alkyl halides is 1. The molecule has 1 aliphatic heterocycles. The monoisotopic (exact) mass is 386 g/mol. The number of rotatable bonds is 3. The lowest BCUT2D eigenvalue weighted by atomic mass is 10.1. The Kier molecular flexibility index (Phi) is 5.33. The fourth-order valence-corrected chi connectivity index (χ4v) is 2.64. The second kappa shape index (κ2) is 7.70. The Morgan fingerprint density at radius 2 is 2.25 bits per heavy atom. The molecule has 0 aliphatic carbocycles. The van der Waals surface area contributed by atoms with Crippen molar-refractivity contribution in [1.29, 1.82) is 0 Å². The van der Waals surface area contributed by atoms with Crippen molar-refractivity contribution in [3.05, 3.63) is 41.2 Å². The molecule has 146 valence electrons. The Balaban J connectivity index is 1.99. The number of nitrogens with zero attached hydrogens (tertiary/aromatic N) is 3. The summed E-state index contributed by atoms with van der Waals surface area (Å²) in [7, 11) is 1.57. The summed E-state index contributed by atoms with van der Waals surface area (Å²) in [6, 6.07) is 6.05. The Hall–Kier alpha value is -3.38. The molecule has 8 nitrogen and oxygen atoms in total. The lowest BCUT2D eigenvalue weighted by Gasteiger charge is -2.15. The summed E-state index contributed by atoms with van der Waals surface area (Å²) in [6.45, 7) is 1.99. The third-order valence-electron chi connectivity index (χ3n) is 4.32. The number of benzene rings is 1. The smallest absolute Gasteiger partial charge is 0.269 e. The van der Waals surface area contributed by atoms with Gasteiger partial charge < -0.3 is 20.5 Å². The quantitative estimate of drug-likeness (QED) is 0.749. The predicted molar refractivity (Wildman–Crippen MR) is 97.6 cm³/mol. The van der Waals surface area contributed by atoms with Gasteiger partial charge in [0, 0.05) is 19.2 Å². The van der Waals surface area contributed by atoms with Crippen LogP contribution in [0.1, 0.15) is 34.8 Å². The van der Waals surface area contributed by atoms with Crippen LogP contribution in [0.3, 0.4) is 0 Å². The summed E-state index contributed by atoms with van der Waals surface area (Å²) in [5.41, 5.74) is 6.15. The first-order chi connectivity index (χ1) is 13.3. The number of aliphatic hydroxyl groups excluding tert-OH is 1. The van der Waals surface area contributed by atoms with Crippen molar-refractivity contribution in [3.63, 3.8) is 0 Å². The van der Waals surface area contributed by atoms with Gasteiger partial charge in [-0.2, -0.15) is 5.10 Å². The zero-order valence-electron chi connectivity index (χ0n) is 15.3. The average molecular weight is 386 g/mol. The van der Waals surface area contributed by atoms with E-state index in [2.05, 4.69) is 16.9 Å². The molecule has 2 amide bonds. The van der Waals surface area contributed by atoms with E-state index in [-0.39, 0.29) is 18.0 Å². The van der Waals surface area contributed by atoms with Crippen molar-refractivity contribution < 1.29 is 23.8 Å². The first kappa shape index (κ1) is 19.4. The van der Waals surface area contributed by atoms with Crippen LogP contribution in [-0.4, -0.2) is 57.9 Å². The first-order valence-corrected chi connectivity index (χ1v) is 8.57. The minimum absolute atomic E-state index is 0.0643. The van der Waals surface area contributed by atoms with E-state index < -0.39 is 24.1 Å². The summed E-state index contributed by atoms with van der Waals surface area (Å²) in [6.07, 6.45) is -2.96. The van der Waals surface area contributed by atoms with Crippen molar-refractivity contribution >= 4 is 11.8 Å². The molecule has 0 saturated heterocycles. The third kappa shape index (κ3) is 3.68.